The zero-order chi connectivity index (χ0) is 25.5. The van der Waals surface area contributed by atoms with Crippen molar-refractivity contribution in [2.75, 3.05) is 11.5 Å². The molecule has 0 radical (unpaired) electrons. The summed E-state index contributed by atoms with van der Waals surface area (Å²) < 4.78 is 17.6. The summed E-state index contributed by atoms with van der Waals surface area (Å²) in [6, 6.07) is 21.6. The monoisotopic (exact) mass is 485 g/mol. The van der Waals surface area contributed by atoms with E-state index in [9.17, 15) is 4.79 Å². The number of nitrogens with zero attached hydrogens (tertiary/aromatic N) is 1. The molecular formula is C31H35NO4. The van der Waals surface area contributed by atoms with Crippen LogP contribution in [0.4, 0.5) is 10.5 Å². The Bertz CT molecular complexity index is 1200. The molecule has 188 valence electrons. The molecule has 1 aliphatic heterocycles. The number of rotatable bonds is 9. The highest BCUT2D eigenvalue weighted by atomic mass is 16.6. The first-order valence-corrected chi connectivity index (χ1v) is 12.6. The van der Waals surface area contributed by atoms with Crippen LogP contribution in [0.25, 0.3) is 6.08 Å². The van der Waals surface area contributed by atoms with E-state index < -0.39 is 6.09 Å². The third-order valence-corrected chi connectivity index (χ3v) is 6.32. The van der Waals surface area contributed by atoms with E-state index in [1.165, 1.54) is 0 Å². The molecule has 0 spiro atoms. The van der Waals surface area contributed by atoms with E-state index in [2.05, 4.69) is 26.0 Å². The molecule has 1 heterocycles. The van der Waals surface area contributed by atoms with Gasteiger partial charge in [0.05, 0.1) is 18.8 Å². The molecule has 0 aromatic heterocycles. The lowest BCUT2D eigenvalue weighted by Gasteiger charge is -2.33. The first kappa shape index (κ1) is 25.4. The van der Waals surface area contributed by atoms with Crippen LogP contribution < -0.4 is 14.4 Å². The molecule has 5 heteroatoms. The average molecular weight is 486 g/mol. The summed E-state index contributed by atoms with van der Waals surface area (Å²) in [5.74, 6) is 1.64. The first-order chi connectivity index (χ1) is 17.4. The van der Waals surface area contributed by atoms with Crippen LogP contribution in [0.15, 0.2) is 72.8 Å². The van der Waals surface area contributed by atoms with Gasteiger partial charge >= 0.3 is 6.09 Å². The number of hydrogen-bond donors (Lipinski definition) is 0. The van der Waals surface area contributed by atoms with E-state index in [1.807, 2.05) is 80.6 Å². The van der Waals surface area contributed by atoms with Crippen molar-refractivity contribution < 1.29 is 19.0 Å². The van der Waals surface area contributed by atoms with Gasteiger partial charge in [-0.2, -0.15) is 0 Å². The van der Waals surface area contributed by atoms with Crippen LogP contribution in [0, 0.1) is 6.92 Å². The fraction of sp³-hybridized carbons (Fsp3) is 0.323. The van der Waals surface area contributed by atoms with Gasteiger partial charge in [-0.25, -0.2) is 4.79 Å². The molecule has 4 rings (SSSR count). The van der Waals surface area contributed by atoms with Crippen LogP contribution >= 0.6 is 0 Å². The Kier molecular flexibility index (Phi) is 7.99. The molecule has 1 amide bonds. The van der Waals surface area contributed by atoms with Crippen LogP contribution in [-0.4, -0.2) is 18.3 Å². The number of carbonyl (C=O) groups excluding carboxylic acids is 1. The smallest absolute Gasteiger partial charge is 0.414 e. The Morgan fingerprint density at radius 1 is 1.00 bits per heavy atom. The number of aryl methyl sites for hydroxylation is 1. The third kappa shape index (κ3) is 6.09. The molecule has 0 aliphatic carbocycles. The van der Waals surface area contributed by atoms with E-state index in [1.54, 1.807) is 4.90 Å². The molecule has 0 saturated carbocycles. The second kappa shape index (κ2) is 11.3. The Hall–Kier alpha value is -3.73. The van der Waals surface area contributed by atoms with Crippen LogP contribution in [0.2, 0.25) is 0 Å². The van der Waals surface area contributed by atoms with Gasteiger partial charge < -0.3 is 14.2 Å². The van der Waals surface area contributed by atoms with Crippen molar-refractivity contribution in [2.24, 2.45) is 0 Å². The third-order valence-electron chi connectivity index (χ3n) is 6.32. The topological polar surface area (TPSA) is 48.0 Å². The Balaban J connectivity index is 1.58. The van der Waals surface area contributed by atoms with Crippen LogP contribution in [0.5, 0.6) is 11.5 Å². The molecule has 0 N–H and O–H groups in total. The zero-order valence-corrected chi connectivity index (χ0v) is 21.6. The van der Waals surface area contributed by atoms with Gasteiger partial charge in [-0.3, -0.25) is 4.90 Å². The second-order valence-corrected chi connectivity index (χ2v) is 9.38. The van der Waals surface area contributed by atoms with Crippen molar-refractivity contribution in [3.8, 4) is 11.5 Å². The van der Waals surface area contributed by atoms with Gasteiger partial charge in [0.15, 0.2) is 0 Å². The Labute approximate surface area is 214 Å². The second-order valence-electron chi connectivity index (χ2n) is 9.38. The maximum absolute atomic E-state index is 13.4. The van der Waals surface area contributed by atoms with Gasteiger partial charge in [-0.05, 0) is 74.2 Å². The number of benzene rings is 3. The predicted molar refractivity (Wildman–Crippen MR) is 145 cm³/mol. The molecule has 0 bridgehead atoms. The lowest BCUT2D eigenvalue weighted by Crippen LogP contribution is -2.33. The number of ether oxygens (including phenoxy) is 3. The lowest BCUT2D eigenvalue weighted by molar-refractivity contribution is 0.126. The predicted octanol–water partition coefficient (Wildman–Crippen LogP) is 7.70. The van der Waals surface area contributed by atoms with Crippen LogP contribution in [0.3, 0.4) is 0 Å². The molecule has 1 aliphatic rings. The maximum atomic E-state index is 13.4. The summed E-state index contributed by atoms with van der Waals surface area (Å²) >= 11 is 0. The van der Waals surface area contributed by atoms with E-state index in [4.69, 9.17) is 14.2 Å². The average Bonchev–Trinajstić information content (AvgIpc) is 2.87. The molecule has 0 saturated heterocycles. The standard InChI is InChI=1S/C31H35NO4/c1-5-17-31(4)18-16-26-20-28(23(3)19-29(26)36-31)32(21-24-10-8-7-9-11-24)30(33)35-22-25-12-14-27(15-13-25)34-6-2/h7-16,18-20H,5-6,17,21-22H2,1-4H3. The first-order valence-electron chi connectivity index (χ1n) is 12.6. The molecular weight excluding hydrogens is 450 g/mol. The number of anilines is 1. The fourth-order valence-electron chi connectivity index (χ4n) is 4.46. The SMILES string of the molecule is CCCC1(C)C=Cc2cc(N(Cc3ccccc3)C(=O)OCc3ccc(OCC)cc3)c(C)cc2O1. The molecule has 0 fully saturated rings. The summed E-state index contributed by atoms with van der Waals surface area (Å²) in [5.41, 5.74) is 4.34. The number of amides is 1. The highest BCUT2D eigenvalue weighted by Crippen LogP contribution is 2.38. The number of carbonyl (C=O) groups is 1. The van der Waals surface area contributed by atoms with Gasteiger partial charge in [0.25, 0.3) is 0 Å². The molecule has 3 aromatic carbocycles. The largest absolute Gasteiger partial charge is 0.494 e. The minimum absolute atomic E-state index is 0.179. The normalized spacial score (nSPS) is 16.1. The van der Waals surface area contributed by atoms with Crippen molar-refractivity contribution in [1.82, 2.24) is 0 Å². The Morgan fingerprint density at radius 3 is 2.44 bits per heavy atom. The summed E-state index contributed by atoms with van der Waals surface area (Å²) in [7, 11) is 0. The van der Waals surface area contributed by atoms with E-state index in [0.717, 1.165) is 52.3 Å². The van der Waals surface area contributed by atoms with Gasteiger partial charge in [-0.15, -0.1) is 0 Å². The minimum atomic E-state index is -0.396. The summed E-state index contributed by atoms with van der Waals surface area (Å²) in [5, 5.41) is 0. The van der Waals surface area contributed by atoms with E-state index in [-0.39, 0.29) is 12.2 Å². The van der Waals surface area contributed by atoms with Crippen molar-refractivity contribution in [3.63, 3.8) is 0 Å². The van der Waals surface area contributed by atoms with E-state index >= 15 is 0 Å². The van der Waals surface area contributed by atoms with Gasteiger partial charge in [0.1, 0.15) is 23.7 Å². The van der Waals surface area contributed by atoms with Crippen LogP contribution in [-0.2, 0) is 17.9 Å². The summed E-state index contributed by atoms with van der Waals surface area (Å²) in [6.07, 6.45) is 5.81. The zero-order valence-electron chi connectivity index (χ0n) is 21.6. The van der Waals surface area contributed by atoms with Crippen molar-refractivity contribution in [3.05, 3.63) is 95.1 Å². The van der Waals surface area contributed by atoms with Gasteiger partial charge in [0.2, 0.25) is 0 Å². The molecule has 1 atom stereocenters. The van der Waals surface area contributed by atoms with Gasteiger partial charge in [-0.1, -0.05) is 61.9 Å². The van der Waals surface area contributed by atoms with Crippen molar-refractivity contribution in [1.29, 1.82) is 0 Å². The number of hydrogen-bond acceptors (Lipinski definition) is 4. The van der Waals surface area contributed by atoms with Crippen LogP contribution in [0.1, 0.15) is 55.9 Å². The summed E-state index contributed by atoms with van der Waals surface area (Å²) in [6.45, 7) is 9.42. The number of fused-ring (bicyclic) bond motifs is 1. The van der Waals surface area contributed by atoms with Crippen molar-refractivity contribution >= 4 is 17.9 Å². The quantitative estimate of drug-likeness (QED) is 0.311. The highest BCUT2D eigenvalue weighted by Gasteiger charge is 2.28. The van der Waals surface area contributed by atoms with Crippen molar-refractivity contribution in [2.45, 2.75) is 59.3 Å². The molecule has 3 aromatic rings. The highest BCUT2D eigenvalue weighted by molar-refractivity contribution is 5.89. The maximum Gasteiger partial charge on any atom is 0.414 e. The minimum Gasteiger partial charge on any atom is -0.494 e. The molecule has 5 nitrogen and oxygen atoms in total. The lowest BCUT2D eigenvalue weighted by atomic mass is 9.94. The fourth-order valence-corrected chi connectivity index (χ4v) is 4.46. The van der Waals surface area contributed by atoms with Gasteiger partial charge in [0, 0.05) is 5.56 Å². The van der Waals surface area contributed by atoms with E-state index in [0.29, 0.717) is 13.2 Å². The summed E-state index contributed by atoms with van der Waals surface area (Å²) in [4.78, 5) is 15.1. The Morgan fingerprint density at radius 2 is 1.75 bits per heavy atom. The molecule has 1 unspecified atom stereocenters. The molecule has 36 heavy (non-hydrogen) atoms.